The Morgan fingerprint density at radius 2 is 1.84 bits per heavy atom. The van der Waals surface area contributed by atoms with Crippen molar-refractivity contribution in [2.75, 3.05) is 0 Å². The van der Waals surface area contributed by atoms with E-state index in [0.29, 0.717) is 16.1 Å². The van der Waals surface area contributed by atoms with Crippen molar-refractivity contribution in [2.24, 2.45) is 10.0 Å². The number of hydrogen-bond acceptors (Lipinski definition) is 5. The average molecular weight is 280 g/mol. The third-order valence-corrected chi connectivity index (χ3v) is 3.88. The van der Waals surface area contributed by atoms with E-state index in [1.54, 1.807) is 19.9 Å². The number of phenolic OH excluding ortho intramolecular Hbond substituents is 1. The fourth-order valence-electron chi connectivity index (χ4n) is 1.35. The van der Waals surface area contributed by atoms with Gasteiger partial charge in [-0.3, -0.25) is 0 Å². The van der Waals surface area contributed by atoms with Crippen LogP contribution in [0.5, 0.6) is 5.75 Å². The number of benzene rings is 1. The molecule has 0 saturated heterocycles. The summed E-state index contributed by atoms with van der Waals surface area (Å²) in [6, 6.07) is 5.87. The molecular weight excluding hydrogens is 263 g/mol. The summed E-state index contributed by atoms with van der Waals surface area (Å²) in [6.07, 6.45) is 1.55. The van der Waals surface area contributed by atoms with Gasteiger partial charge in [-0.05, 0) is 44.2 Å². The lowest BCUT2D eigenvalue weighted by atomic mass is 9.76. The SMILES string of the molecule is CC(/C=C(\C)B(N)O)=NS(=N)(=N)c1ccc(O)cc1. The minimum Gasteiger partial charge on any atom is -0.508 e. The van der Waals surface area contributed by atoms with Gasteiger partial charge in [0.1, 0.15) is 5.75 Å². The van der Waals surface area contributed by atoms with Crippen LogP contribution in [0, 0.1) is 9.56 Å². The molecule has 19 heavy (non-hydrogen) atoms. The number of hydrogen-bond donors (Lipinski definition) is 5. The second-order valence-electron chi connectivity index (χ2n) is 4.14. The minimum absolute atomic E-state index is 0.0849. The molecule has 0 aliphatic rings. The van der Waals surface area contributed by atoms with Crippen LogP contribution >= 0.6 is 0 Å². The monoisotopic (exact) mass is 280 g/mol. The Kier molecular flexibility index (Phi) is 4.87. The summed E-state index contributed by atoms with van der Waals surface area (Å²) in [6.45, 7) is 3.30. The van der Waals surface area contributed by atoms with E-state index in [-0.39, 0.29) is 5.75 Å². The largest absolute Gasteiger partial charge is 0.508 e. The first kappa shape index (κ1) is 15.4. The molecule has 0 spiro atoms. The van der Waals surface area contributed by atoms with Gasteiger partial charge >= 0.3 is 7.05 Å². The number of nitrogens with two attached hydrogens (primary N) is 1. The summed E-state index contributed by atoms with van der Waals surface area (Å²) in [5.74, 6) is 0.0849. The van der Waals surface area contributed by atoms with Crippen molar-refractivity contribution in [3.8, 4) is 5.75 Å². The van der Waals surface area contributed by atoms with Gasteiger partial charge in [0.05, 0.1) is 9.81 Å². The van der Waals surface area contributed by atoms with E-state index in [9.17, 15) is 5.11 Å². The summed E-state index contributed by atoms with van der Waals surface area (Å²) < 4.78 is 20.0. The average Bonchev–Trinajstić information content (AvgIpc) is 2.28. The number of rotatable bonds is 4. The summed E-state index contributed by atoms with van der Waals surface area (Å²) in [5.41, 5.74) is 6.26. The topological polar surface area (TPSA) is 127 Å². The van der Waals surface area contributed by atoms with Crippen molar-refractivity contribution in [3.05, 3.63) is 35.8 Å². The molecule has 6 nitrogen and oxygen atoms in total. The summed E-state index contributed by atoms with van der Waals surface area (Å²) in [7, 11) is -3.91. The smallest absolute Gasteiger partial charge is 0.405 e. The van der Waals surface area contributed by atoms with Gasteiger partial charge in [0, 0.05) is 10.6 Å². The number of nitrogens with zero attached hydrogens (tertiary/aromatic N) is 1. The van der Waals surface area contributed by atoms with Gasteiger partial charge in [-0.25, -0.2) is 9.56 Å². The zero-order valence-corrected chi connectivity index (χ0v) is 11.6. The van der Waals surface area contributed by atoms with Crippen LogP contribution in [-0.2, 0) is 9.81 Å². The second kappa shape index (κ2) is 6.00. The second-order valence-corrected chi connectivity index (χ2v) is 5.95. The van der Waals surface area contributed by atoms with E-state index in [1.165, 1.54) is 24.3 Å². The Labute approximate surface area is 113 Å². The molecule has 1 rings (SSSR count). The van der Waals surface area contributed by atoms with Gasteiger partial charge in [-0.1, -0.05) is 5.47 Å². The molecule has 0 amide bonds. The minimum atomic E-state index is -2.84. The number of nitrogens with one attached hydrogen (secondary N) is 2. The lowest BCUT2D eigenvalue weighted by molar-refractivity contribution is 0.475. The van der Waals surface area contributed by atoms with E-state index in [0.717, 1.165) is 0 Å². The van der Waals surface area contributed by atoms with E-state index < -0.39 is 16.9 Å². The van der Waals surface area contributed by atoms with Crippen LogP contribution in [0.4, 0.5) is 0 Å². The van der Waals surface area contributed by atoms with E-state index >= 15 is 0 Å². The Bertz CT molecular complexity index is 606. The van der Waals surface area contributed by atoms with Crippen LogP contribution in [-0.4, -0.2) is 22.9 Å². The quantitative estimate of drug-likeness (QED) is 0.425. The first-order valence-corrected chi connectivity index (χ1v) is 7.11. The molecule has 102 valence electrons. The standard InChI is InChI=1S/C11H17BN4O2S/c1-8(12(13)18)7-9(2)16-19(14,15)11-5-3-10(17)4-6-11/h3-7,14-15,17-18H,13H2,1-2H3/b8-7+,16-9?. The van der Waals surface area contributed by atoms with E-state index in [1.807, 2.05) is 0 Å². The Hall–Kier alpha value is -1.64. The maximum absolute atomic E-state index is 9.18. The van der Waals surface area contributed by atoms with Gasteiger partial charge in [-0.2, -0.15) is 4.40 Å². The predicted molar refractivity (Wildman–Crippen MR) is 78.2 cm³/mol. The fourth-order valence-corrected chi connectivity index (χ4v) is 2.47. The van der Waals surface area contributed by atoms with Crippen molar-refractivity contribution in [2.45, 2.75) is 18.7 Å². The third kappa shape index (κ3) is 4.51. The molecule has 0 bridgehead atoms. The van der Waals surface area contributed by atoms with Crippen molar-refractivity contribution < 1.29 is 10.1 Å². The highest BCUT2D eigenvalue weighted by Crippen LogP contribution is 2.18. The lowest BCUT2D eigenvalue weighted by Crippen LogP contribution is -2.27. The van der Waals surface area contributed by atoms with E-state index in [4.69, 9.17) is 20.2 Å². The van der Waals surface area contributed by atoms with Gasteiger partial charge in [0.15, 0.2) is 0 Å². The molecule has 0 unspecified atom stereocenters. The molecule has 0 heterocycles. The Morgan fingerprint density at radius 1 is 1.32 bits per heavy atom. The van der Waals surface area contributed by atoms with Crippen molar-refractivity contribution in [3.63, 3.8) is 0 Å². The lowest BCUT2D eigenvalue weighted by Gasteiger charge is -2.07. The molecule has 0 saturated carbocycles. The maximum atomic E-state index is 9.18. The first-order valence-electron chi connectivity index (χ1n) is 5.52. The number of phenols is 1. The molecule has 8 heteroatoms. The van der Waals surface area contributed by atoms with Crippen LogP contribution in [0.25, 0.3) is 0 Å². The molecule has 0 aromatic heterocycles. The van der Waals surface area contributed by atoms with Crippen LogP contribution < -0.4 is 5.64 Å². The zero-order valence-electron chi connectivity index (χ0n) is 10.8. The molecule has 0 fully saturated rings. The van der Waals surface area contributed by atoms with Gasteiger partial charge in [0.25, 0.3) is 0 Å². The molecule has 0 atom stereocenters. The first-order chi connectivity index (χ1) is 8.72. The van der Waals surface area contributed by atoms with Crippen molar-refractivity contribution in [1.82, 2.24) is 0 Å². The fraction of sp³-hybridized carbons (Fsp3) is 0.182. The van der Waals surface area contributed by atoms with Gasteiger partial charge in [0.2, 0.25) is 0 Å². The Balaban J connectivity index is 3.09. The molecule has 0 aliphatic carbocycles. The van der Waals surface area contributed by atoms with Crippen molar-refractivity contribution in [1.29, 1.82) is 9.56 Å². The van der Waals surface area contributed by atoms with Crippen LogP contribution in [0.1, 0.15) is 13.8 Å². The number of aromatic hydroxyl groups is 1. The summed E-state index contributed by atoms with van der Waals surface area (Å²) >= 11 is 0. The summed E-state index contributed by atoms with van der Waals surface area (Å²) in [4.78, 5) is 0.420. The van der Waals surface area contributed by atoms with Crippen LogP contribution in [0.15, 0.2) is 45.1 Å². The molecule has 6 N–H and O–H groups in total. The maximum Gasteiger partial charge on any atom is 0.405 e. The Morgan fingerprint density at radius 3 is 2.32 bits per heavy atom. The molecule has 0 radical (unpaired) electrons. The predicted octanol–water partition coefficient (Wildman–Crippen LogP) is 1.73. The van der Waals surface area contributed by atoms with Crippen LogP contribution in [0.3, 0.4) is 0 Å². The number of allylic oxidation sites excluding steroid dienone is 2. The zero-order chi connectivity index (χ0) is 14.6. The molecule has 0 aliphatic heterocycles. The van der Waals surface area contributed by atoms with Crippen molar-refractivity contribution >= 4 is 22.6 Å². The highest BCUT2D eigenvalue weighted by atomic mass is 32.2. The molecular formula is C11H17BN4O2S. The van der Waals surface area contributed by atoms with Gasteiger partial charge in [-0.15, -0.1) is 0 Å². The van der Waals surface area contributed by atoms with E-state index in [2.05, 4.69) is 4.40 Å². The molecule has 1 aromatic carbocycles. The highest BCUT2D eigenvalue weighted by Gasteiger charge is 2.08. The third-order valence-electron chi connectivity index (χ3n) is 2.36. The highest BCUT2D eigenvalue weighted by molar-refractivity contribution is 7.92. The van der Waals surface area contributed by atoms with Gasteiger partial charge < -0.3 is 15.8 Å². The van der Waals surface area contributed by atoms with Crippen LogP contribution in [0.2, 0.25) is 0 Å². The molecule has 1 aromatic rings. The summed E-state index contributed by atoms with van der Waals surface area (Å²) in [5, 5.41) is 18.3. The normalized spacial score (nSPS) is 13.5.